The second kappa shape index (κ2) is 11.8. The molecule has 1 amide bonds. The van der Waals surface area contributed by atoms with Gasteiger partial charge in [-0.3, -0.25) is 9.59 Å². The van der Waals surface area contributed by atoms with Crippen LogP contribution in [0.3, 0.4) is 0 Å². The summed E-state index contributed by atoms with van der Waals surface area (Å²) in [5.41, 5.74) is 1.89. The number of ether oxygens (including phenoxy) is 3. The van der Waals surface area contributed by atoms with Crippen LogP contribution >= 0.6 is 0 Å². The molecule has 1 aliphatic rings. The van der Waals surface area contributed by atoms with Crippen LogP contribution in [0.15, 0.2) is 48.0 Å². The van der Waals surface area contributed by atoms with E-state index >= 15 is 0 Å². The van der Waals surface area contributed by atoms with E-state index in [9.17, 15) is 14.7 Å². The zero-order chi connectivity index (χ0) is 27.3. The number of rotatable bonds is 10. The number of carbonyl (C=O) groups is 2. The van der Waals surface area contributed by atoms with E-state index in [4.69, 9.17) is 14.2 Å². The van der Waals surface area contributed by atoms with Crippen molar-refractivity contribution >= 4 is 17.4 Å². The Balaban J connectivity index is 2.15. The van der Waals surface area contributed by atoms with E-state index in [-0.39, 0.29) is 22.9 Å². The van der Waals surface area contributed by atoms with Gasteiger partial charge in [-0.2, -0.15) is 0 Å². The molecular weight excluding hydrogens is 470 g/mol. The Bertz CT molecular complexity index is 1140. The topological polar surface area (TPSA) is 85.3 Å². The maximum absolute atomic E-state index is 13.3. The first-order valence-corrected chi connectivity index (χ1v) is 12.8. The molecule has 200 valence electrons. The number of ketones is 1. The number of benzene rings is 2. The Kier molecular flexibility index (Phi) is 9.02. The summed E-state index contributed by atoms with van der Waals surface area (Å²) in [7, 11) is 1.60. The normalized spacial score (nSPS) is 17.5. The van der Waals surface area contributed by atoms with Gasteiger partial charge in [0.25, 0.3) is 11.7 Å². The van der Waals surface area contributed by atoms with Gasteiger partial charge in [-0.1, -0.05) is 32.9 Å². The summed E-state index contributed by atoms with van der Waals surface area (Å²) in [4.78, 5) is 28.0. The van der Waals surface area contributed by atoms with Crippen molar-refractivity contribution in [1.82, 2.24) is 4.90 Å². The van der Waals surface area contributed by atoms with Crippen molar-refractivity contribution in [3.63, 3.8) is 0 Å². The van der Waals surface area contributed by atoms with Crippen molar-refractivity contribution in [2.45, 2.75) is 65.5 Å². The first-order valence-electron chi connectivity index (χ1n) is 12.8. The first kappa shape index (κ1) is 28.3. The third-order valence-electron chi connectivity index (χ3n) is 6.22. The lowest BCUT2D eigenvalue weighted by atomic mass is 9.84. The van der Waals surface area contributed by atoms with Crippen molar-refractivity contribution in [1.29, 1.82) is 0 Å². The van der Waals surface area contributed by atoms with Crippen molar-refractivity contribution in [3.05, 3.63) is 64.7 Å². The van der Waals surface area contributed by atoms with E-state index < -0.39 is 17.7 Å². The molecule has 2 aromatic rings. The molecule has 1 heterocycles. The molecule has 37 heavy (non-hydrogen) atoms. The average Bonchev–Trinajstić information content (AvgIpc) is 3.08. The highest BCUT2D eigenvalue weighted by Crippen LogP contribution is 2.41. The quantitative estimate of drug-likeness (QED) is 0.193. The standard InChI is InChI=1S/C30H39NO6/c1-8-36-24-15-12-21(18-23(24)30(4,5)6)27(32)25-26(20-10-13-22(14-11-20)37-19(2)3)31(16-9-17-35-7)29(34)28(25)33/h10-15,18-19,26,32H,8-9,16-17H2,1-7H3/b27-25-. The molecule has 1 atom stereocenters. The van der Waals surface area contributed by atoms with E-state index in [0.717, 1.165) is 16.9 Å². The van der Waals surface area contributed by atoms with E-state index in [1.54, 1.807) is 19.2 Å². The van der Waals surface area contributed by atoms with E-state index in [0.29, 0.717) is 37.5 Å². The van der Waals surface area contributed by atoms with Crippen molar-refractivity contribution in [2.75, 3.05) is 26.9 Å². The van der Waals surface area contributed by atoms with Gasteiger partial charge in [0, 0.05) is 31.4 Å². The molecule has 0 bridgehead atoms. The summed E-state index contributed by atoms with van der Waals surface area (Å²) < 4.78 is 16.7. The van der Waals surface area contributed by atoms with Crippen LogP contribution in [0.1, 0.15) is 70.7 Å². The van der Waals surface area contributed by atoms with Gasteiger partial charge in [-0.15, -0.1) is 0 Å². The lowest BCUT2D eigenvalue weighted by Gasteiger charge is -2.26. The predicted octanol–water partition coefficient (Wildman–Crippen LogP) is 5.63. The molecule has 0 aromatic heterocycles. The van der Waals surface area contributed by atoms with Crippen LogP contribution < -0.4 is 9.47 Å². The van der Waals surface area contributed by atoms with E-state index in [1.165, 1.54) is 4.90 Å². The maximum atomic E-state index is 13.3. The number of hydrogen-bond donors (Lipinski definition) is 1. The fourth-order valence-corrected chi connectivity index (χ4v) is 4.54. The molecule has 0 saturated carbocycles. The zero-order valence-corrected chi connectivity index (χ0v) is 23.0. The number of Topliss-reactive ketones (excluding diaryl/α,β-unsaturated/α-hetero) is 1. The Morgan fingerprint density at radius 3 is 2.32 bits per heavy atom. The highest BCUT2D eigenvalue weighted by atomic mass is 16.5. The van der Waals surface area contributed by atoms with Gasteiger partial charge in [0.1, 0.15) is 17.3 Å². The first-order chi connectivity index (χ1) is 17.5. The molecule has 0 radical (unpaired) electrons. The van der Waals surface area contributed by atoms with Crippen LogP contribution in [0.5, 0.6) is 11.5 Å². The molecule has 7 heteroatoms. The Labute approximate surface area is 220 Å². The fourth-order valence-electron chi connectivity index (χ4n) is 4.54. The lowest BCUT2D eigenvalue weighted by Crippen LogP contribution is -2.31. The van der Waals surface area contributed by atoms with Crippen LogP contribution in [0.2, 0.25) is 0 Å². The Hall–Kier alpha value is -3.32. The van der Waals surface area contributed by atoms with E-state index in [2.05, 4.69) is 20.8 Å². The minimum atomic E-state index is -0.727. The highest BCUT2D eigenvalue weighted by Gasteiger charge is 2.45. The number of nitrogens with zero attached hydrogens (tertiary/aromatic N) is 1. The summed E-state index contributed by atoms with van der Waals surface area (Å²) >= 11 is 0. The largest absolute Gasteiger partial charge is 0.507 e. The number of methoxy groups -OCH3 is 1. The maximum Gasteiger partial charge on any atom is 0.295 e. The monoisotopic (exact) mass is 509 g/mol. The van der Waals surface area contributed by atoms with Crippen LogP contribution in [0.4, 0.5) is 0 Å². The van der Waals surface area contributed by atoms with Crippen LogP contribution in [-0.2, 0) is 19.7 Å². The molecule has 1 N–H and O–H groups in total. The number of aliphatic hydroxyl groups is 1. The molecule has 0 spiro atoms. The third kappa shape index (κ3) is 6.34. The smallest absolute Gasteiger partial charge is 0.295 e. The minimum absolute atomic E-state index is 0.0159. The molecule has 7 nitrogen and oxygen atoms in total. The molecule has 1 aliphatic heterocycles. The van der Waals surface area contributed by atoms with Gasteiger partial charge in [0.05, 0.1) is 24.3 Å². The van der Waals surface area contributed by atoms with Crippen LogP contribution in [0, 0.1) is 0 Å². The number of aliphatic hydroxyl groups excluding tert-OH is 1. The predicted molar refractivity (Wildman–Crippen MR) is 144 cm³/mol. The summed E-state index contributed by atoms with van der Waals surface area (Å²) in [6, 6.07) is 12.0. The van der Waals surface area contributed by atoms with E-state index in [1.807, 2.05) is 51.1 Å². The second-order valence-corrected chi connectivity index (χ2v) is 10.5. The number of hydrogen-bond acceptors (Lipinski definition) is 6. The lowest BCUT2D eigenvalue weighted by molar-refractivity contribution is -0.140. The Morgan fingerprint density at radius 1 is 1.08 bits per heavy atom. The molecule has 2 aromatic carbocycles. The number of amides is 1. The molecule has 1 unspecified atom stereocenters. The van der Waals surface area contributed by atoms with Gasteiger partial charge in [0.2, 0.25) is 0 Å². The molecule has 3 rings (SSSR count). The number of likely N-dealkylation sites (tertiary alicyclic amines) is 1. The van der Waals surface area contributed by atoms with Crippen LogP contribution in [-0.4, -0.2) is 54.7 Å². The fraction of sp³-hybridized carbons (Fsp3) is 0.467. The molecule has 0 aliphatic carbocycles. The Morgan fingerprint density at radius 2 is 1.76 bits per heavy atom. The SMILES string of the molecule is CCOc1ccc(/C(O)=C2/C(=O)C(=O)N(CCCOC)C2c2ccc(OC(C)C)cc2)cc1C(C)(C)C. The minimum Gasteiger partial charge on any atom is -0.507 e. The van der Waals surface area contributed by atoms with Crippen LogP contribution in [0.25, 0.3) is 5.76 Å². The van der Waals surface area contributed by atoms with Gasteiger partial charge in [-0.25, -0.2) is 0 Å². The summed E-state index contributed by atoms with van der Waals surface area (Å²) in [6.07, 6.45) is 0.577. The second-order valence-electron chi connectivity index (χ2n) is 10.5. The van der Waals surface area contributed by atoms with Gasteiger partial charge >= 0.3 is 0 Å². The molecule has 1 saturated heterocycles. The zero-order valence-electron chi connectivity index (χ0n) is 23.0. The highest BCUT2D eigenvalue weighted by molar-refractivity contribution is 6.46. The van der Waals surface area contributed by atoms with Gasteiger partial charge in [-0.05, 0) is 68.5 Å². The van der Waals surface area contributed by atoms with Gasteiger partial charge < -0.3 is 24.2 Å². The summed E-state index contributed by atoms with van der Waals surface area (Å²) in [5, 5.41) is 11.5. The van der Waals surface area contributed by atoms with Gasteiger partial charge in [0.15, 0.2) is 0 Å². The average molecular weight is 510 g/mol. The molecule has 1 fully saturated rings. The number of carbonyl (C=O) groups excluding carboxylic acids is 2. The van der Waals surface area contributed by atoms with Crippen molar-refractivity contribution in [3.8, 4) is 11.5 Å². The molecular formula is C30H39NO6. The summed E-state index contributed by atoms with van der Waals surface area (Å²) in [6.45, 7) is 13.3. The van der Waals surface area contributed by atoms with Crippen molar-refractivity contribution in [2.24, 2.45) is 0 Å². The third-order valence-corrected chi connectivity index (χ3v) is 6.22. The van der Waals surface area contributed by atoms with Crippen molar-refractivity contribution < 1.29 is 28.9 Å². The summed E-state index contributed by atoms with van der Waals surface area (Å²) in [5.74, 6) is -0.116.